The minimum absolute atomic E-state index is 0.140. The molecule has 2 saturated heterocycles. The first-order valence-electron chi connectivity index (χ1n) is 10.4. The summed E-state index contributed by atoms with van der Waals surface area (Å²) in [5.41, 5.74) is -0.877. The number of hydrogen-bond donors (Lipinski definition) is 3. The third kappa shape index (κ3) is 5.14. The lowest BCUT2D eigenvalue weighted by Gasteiger charge is -2.53. The van der Waals surface area contributed by atoms with Crippen LogP contribution in [0, 0.1) is 13.8 Å². The quantitative estimate of drug-likeness (QED) is 0.560. The van der Waals surface area contributed by atoms with Crippen LogP contribution in [-0.4, -0.2) is 79.7 Å². The van der Waals surface area contributed by atoms with Gasteiger partial charge in [-0.05, 0) is 33.1 Å². The van der Waals surface area contributed by atoms with Gasteiger partial charge in [0.15, 0.2) is 5.82 Å². The molecule has 4 heterocycles. The fourth-order valence-electron chi connectivity index (χ4n) is 4.30. The smallest absolute Gasteiger partial charge is 0.290 e. The van der Waals surface area contributed by atoms with Crippen molar-refractivity contribution >= 4 is 12.4 Å². The van der Waals surface area contributed by atoms with E-state index in [1.54, 1.807) is 19.9 Å². The van der Waals surface area contributed by atoms with E-state index in [0.717, 1.165) is 13.1 Å². The van der Waals surface area contributed by atoms with E-state index in [2.05, 4.69) is 25.5 Å². The maximum Gasteiger partial charge on any atom is 0.290 e. The van der Waals surface area contributed by atoms with Gasteiger partial charge in [-0.25, -0.2) is 0 Å². The highest BCUT2D eigenvalue weighted by Gasteiger charge is 2.54. The zero-order chi connectivity index (χ0) is 23.4. The molecule has 2 aromatic heterocycles. The van der Waals surface area contributed by atoms with Crippen LogP contribution in [0.5, 0.6) is 0 Å². The van der Waals surface area contributed by atoms with E-state index in [0.29, 0.717) is 49.8 Å². The van der Waals surface area contributed by atoms with Gasteiger partial charge in [-0.15, -0.1) is 0 Å². The summed E-state index contributed by atoms with van der Waals surface area (Å²) in [5.74, 6) is 0.965. The Labute approximate surface area is 184 Å². The molecule has 2 aliphatic heterocycles. The van der Waals surface area contributed by atoms with Crippen LogP contribution in [0.4, 0.5) is 0 Å². The Balaban J connectivity index is 0.000000913. The lowest BCUT2D eigenvalue weighted by molar-refractivity contribution is -0.206. The van der Waals surface area contributed by atoms with E-state index >= 15 is 0 Å². The number of amides is 1. The van der Waals surface area contributed by atoms with Crippen molar-refractivity contribution in [1.29, 1.82) is 0 Å². The molecule has 0 bridgehead atoms. The standard InChI is InChI=1S/C19H27N5O5.CH2O2/c1-12-10-14(29-22-12)16(25)21-18(3)6-9-27-19(17(18)26)4-7-24(8-5-19)11-15-20-13(2)28-23-15;2-1-3/h10,17,26H,4-9,11H2,1-3H3,(H,21,25);1H,(H,2,3)/t17-,18+;/m1./s1. The van der Waals surface area contributed by atoms with Crippen molar-refractivity contribution in [3.05, 3.63) is 29.2 Å². The third-order valence-electron chi connectivity index (χ3n) is 6.00. The minimum Gasteiger partial charge on any atom is -0.483 e. The molecular weight excluding hydrogens is 422 g/mol. The number of aliphatic hydroxyl groups excluding tert-OH is 1. The molecule has 176 valence electrons. The predicted octanol–water partition coefficient (Wildman–Crippen LogP) is 0.680. The zero-order valence-electron chi connectivity index (χ0n) is 18.4. The predicted molar refractivity (Wildman–Crippen MR) is 109 cm³/mol. The van der Waals surface area contributed by atoms with Gasteiger partial charge in [0, 0.05) is 32.7 Å². The van der Waals surface area contributed by atoms with Crippen molar-refractivity contribution < 1.29 is 33.6 Å². The first kappa shape index (κ1) is 23.8. The molecule has 2 aliphatic rings. The Morgan fingerprint density at radius 1 is 1.28 bits per heavy atom. The second-order valence-electron chi connectivity index (χ2n) is 8.38. The topological polar surface area (TPSA) is 164 Å². The molecule has 3 N–H and O–H groups in total. The van der Waals surface area contributed by atoms with Crippen molar-refractivity contribution in [3.8, 4) is 0 Å². The summed E-state index contributed by atoms with van der Waals surface area (Å²) < 4.78 is 16.2. The Bertz CT molecular complexity index is 921. The molecule has 0 radical (unpaired) electrons. The van der Waals surface area contributed by atoms with Crippen molar-refractivity contribution in [1.82, 2.24) is 25.5 Å². The van der Waals surface area contributed by atoms with Crippen LogP contribution < -0.4 is 5.32 Å². The first-order chi connectivity index (χ1) is 15.2. The molecule has 0 saturated carbocycles. The molecule has 2 fully saturated rings. The molecule has 0 aliphatic carbocycles. The number of carbonyl (C=O) groups is 2. The molecular formula is C20H29N5O7. The summed E-state index contributed by atoms with van der Waals surface area (Å²) in [6.07, 6.45) is 0.974. The molecule has 2 atom stereocenters. The number of likely N-dealkylation sites (tertiary alicyclic amines) is 1. The largest absolute Gasteiger partial charge is 0.483 e. The highest BCUT2D eigenvalue weighted by atomic mass is 16.5. The van der Waals surface area contributed by atoms with E-state index in [1.165, 1.54) is 0 Å². The van der Waals surface area contributed by atoms with Crippen LogP contribution in [0.25, 0.3) is 0 Å². The van der Waals surface area contributed by atoms with Crippen LogP contribution in [0.15, 0.2) is 15.1 Å². The average Bonchev–Trinajstić information content (AvgIpc) is 3.37. The minimum atomic E-state index is -0.841. The molecule has 0 unspecified atom stereocenters. The summed E-state index contributed by atoms with van der Waals surface area (Å²) in [6, 6.07) is 1.58. The number of piperidine rings is 1. The monoisotopic (exact) mass is 451 g/mol. The number of nitrogens with zero attached hydrogens (tertiary/aromatic N) is 4. The van der Waals surface area contributed by atoms with Crippen molar-refractivity contribution in [2.24, 2.45) is 0 Å². The number of ether oxygens (including phenoxy) is 1. The highest BCUT2D eigenvalue weighted by Crippen LogP contribution is 2.40. The number of hydrogen-bond acceptors (Lipinski definition) is 10. The van der Waals surface area contributed by atoms with Crippen LogP contribution in [0.1, 0.15) is 54.2 Å². The number of carbonyl (C=O) groups excluding carboxylic acids is 1. The van der Waals surface area contributed by atoms with Gasteiger partial charge in [0.2, 0.25) is 11.7 Å². The van der Waals surface area contributed by atoms with E-state index in [1.807, 2.05) is 6.92 Å². The molecule has 1 amide bonds. The Hall–Kier alpha value is -2.83. The highest BCUT2D eigenvalue weighted by molar-refractivity contribution is 5.92. The van der Waals surface area contributed by atoms with Gasteiger partial charge < -0.3 is 29.3 Å². The lowest BCUT2D eigenvalue weighted by Crippen LogP contribution is -2.69. The van der Waals surface area contributed by atoms with E-state index < -0.39 is 17.2 Å². The summed E-state index contributed by atoms with van der Waals surface area (Å²) in [5, 5.41) is 28.8. The summed E-state index contributed by atoms with van der Waals surface area (Å²) >= 11 is 0. The first-order valence-corrected chi connectivity index (χ1v) is 10.4. The van der Waals surface area contributed by atoms with Crippen molar-refractivity contribution in [2.45, 2.75) is 63.8 Å². The summed E-state index contributed by atoms with van der Waals surface area (Å²) in [6.45, 7) is 7.66. The molecule has 32 heavy (non-hydrogen) atoms. The number of carboxylic acid groups (broad SMARTS) is 1. The van der Waals surface area contributed by atoms with Gasteiger partial charge in [0.05, 0.1) is 23.4 Å². The van der Waals surface area contributed by atoms with Gasteiger partial charge >= 0.3 is 0 Å². The van der Waals surface area contributed by atoms with Gasteiger partial charge in [-0.2, -0.15) is 4.98 Å². The fourth-order valence-corrected chi connectivity index (χ4v) is 4.30. The van der Waals surface area contributed by atoms with E-state index in [4.69, 9.17) is 23.7 Å². The van der Waals surface area contributed by atoms with Gasteiger partial charge in [-0.1, -0.05) is 10.3 Å². The molecule has 12 nitrogen and oxygen atoms in total. The van der Waals surface area contributed by atoms with Crippen LogP contribution in [-0.2, 0) is 16.1 Å². The third-order valence-corrected chi connectivity index (χ3v) is 6.00. The number of aromatic nitrogens is 3. The maximum atomic E-state index is 12.6. The van der Waals surface area contributed by atoms with Crippen LogP contribution in [0.3, 0.4) is 0 Å². The number of aryl methyl sites for hydroxylation is 2. The van der Waals surface area contributed by atoms with Crippen molar-refractivity contribution in [2.75, 3.05) is 19.7 Å². The van der Waals surface area contributed by atoms with E-state index in [9.17, 15) is 9.90 Å². The van der Waals surface area contributed by atoms with Crippen LogP contribution in [0.2, 0.25) is 0 Å². The summed E-state index contributed by atoms with van der Waals surface area (Å²) in [4.78, 5) is 27.4. The Kier molecular flexibility index (Phi) is 7.26. The second-order valence-corrected chi connectivity index (χ2v) is 8.38. The SMILES string of the molecule is Cc1cc(C(=O)N[C@@]2(C)CCOC3(CCN(Cc4noc(C)n4)CC3)[C@@H]2O)on1.O=CO. The Morgan fingerprint density at radius 3 is 2.53 bits per heavy atom. The molecule has 12 heteroatoms. The maximum absolute atomic E-state index is 12.6. The average molecular weight is 451 g/mol. The Morgan fingerprint density at radius 2 is 1.97 bits per heavy atom. The number of nitrogens with one attached hydrogen (secondary N) is 1. The second kappa shape index (κ2) is 9.76. The fraction of sp³-hybridized carbons (Fsp3) is 0.650. The number of rotatable bonds is 4. The van der Waals surface area contributed by atoms with Crippen molar-refractivity contribution in [3.63, 3.8) is 0 Å². The van der Waals surface area contributed by atoms with Gasteiger partial charge in [0.1, 0.15) is 6.10 Å². The summed E-state index contributed by atoms with van der Waals surface area (Å²) in [7, 11) is 0. The van der Waals surface area contributed by atoms with Gasteiger partial charge in [0.25, 0.3) is 12.4 Å². The zero-order valence-corrected chi connectivity index (χ0v) is 18.4. The van der Waals surface area contributed by atoms with E-state index in [-0.39, 0.29) is 18.1 Å². The molecule has 1 spiro atoms. The van der Waals surface area contributed by atoms with Gasteiger partial charge in [-0.3, -0.25) is 14.5 Å². The molecule has 2 aromatic rings. The van der Waals surface area contributed by atoms with Crippen LogP contribution >= 0.6 is 0 Å². The molecule has 0 aromatic carbocycles. The lowest BCUT2D eigenvalue weighted by atomic mass is 9.73. The molecule has 4 rings (SSSR count). The number of aliphatic hydroxyl groups is 1. The normalized spacial score (nSPS) is 25.1.